The number of aliphatic carboxylic acids is 1. The lowest BCUT2D eigenvalue weighted by molar-refractivity contribution is -0.142. The van der Waals surface area contributed by atoms with E-state index in [1.807, 2.05) is 45.0 Å². The molecule has 0 aliphatic heterocycles. The number of para-hydroxylation sites is 1. The van der Waals surface area contributed by atoms with Gasteiger partial charge in [0.1, 0.15) is 11.8 Å². The molecule has 1 aromatic carbocycles. The number of hydrogen-bond acceptors (Lipinski definition) is 3. The van der Waals surface area contributed by atoms with Crippen molar-refractivity contribution in [3.63, 3.8) is 0 Å². The van der Waals surface area contributed by atoms with Crippen LogP contribution in [0.15, 0.2) is 24.3 Å². The van der Waals surface area contributed by atoms with Gasteiger partial charge in [-0.2, -0.15) is 0 Å². The van der Waals surface area contributed by atoms with Crippen LogP contribution in [0.3, 0.4) is 0 Å². The molecule has 1 aromatic rings. The minimum absolute atomic E-state index is 0.0144. The molecule has 2 N–H and O–H groups in total. The van der Waals surface area contributed by atoms with E-state index in [1.54, 1.807) is 0 Å². The molecular formula is C17H25NO4. The van der Waals surface area contributed by atoms with Crippen LogP contribution < -0.4 is 10.1 Å². The minimum Gasteiger partial charge on any atom is -0.491 e. The molecule has 5 nitrogen and oxygen atoms in total. The van der Waals surface area contributed by atoms with E-state index >= 15 is 0 Å². The summed E-state index contributed by atoms with van der Waals surface area (Å²) in [6.45, 7) is 5.82. The molecule has 122 valence electrons. The van der Waals surface area contributed by atoms with Crippen molar-refractivity contribution < 1.29 is 19.4 Å². The molecule has 1 unspecified atom stereocenters. The van der Waals surface area contributed by atoms with Gasteiger partial charge in [-0.3, -0.25) is 4.79 Å². The van der Waals surface area contributed by atoms with E-state index in [0.29, 0.717) is 12.2 Å². The van der Waals surface area contributed by atoms with E-state index in [1.165, 1.54) is 0 Å². The number of amides is 1. The van der Waals surface area contributed by atoms with Crippen molar-refractivity contribution >= 4 is 11.9 Å². The Kier molecular flexibility index (Phi) is 7.43. The number of ether oxygens (including phenoxy) is 1. The second-order valence-electron chi connectivity index (χ2n) is 5.55. The highest BCUT2D eigenvalue weighted by atomic mass is 16.5. The molecule has 1 amide bonds. The topological polar surface area (TPSA) is 75.6 Å². The van der Waals surface area contributed by atoms with E-state index < -0.39 is 12.0 Å². The number of hydrogen-bond donors (Lipinski definition) is 2. The summed E-state index contributed by atoms with van der Waals surface area (Å²) in [6.07, 6.45) is 2.23. The Bertz CT molecular complexity index is 499. The minimum atomic E-state index is -0.992. The van der Waals surface area contributed by atoms with Gasteiger partial charge in [-0.1, -0.05) is 38.0 Å². The summed E-state index contributed by atoms with van der Waals surface area (Å²) in [5, 5.41) is 11.7. The van der Waals surface area contributed by atoms with Crippen LogP contribution in [0.1, 0.15) is 45.6 Å². The zero-order valence-electron chi connectivity index (χ0n) is 13.5. The molecule has 1 rings (SSSR count). The van der Waals surface area contributed by atoms with Crippen LogP contribution >= 0.6 is 0 Å². The molecule has 0 radical (unpaired) electrons. The number of carboxylic acids is 1. The van der Waals surface area contributed by atoms with Gasteiger partial charge in [0.05, 0.1) is 12.5 Å². The summed E-state index contributed by atoms with van der Waals surface area (Å²) >= 11 is 0. The van der Waals surface area contributed by atoms with Crippen molar-refractivity contribution in [2.24, 2.45) is 0 Å². The Morgan fingerprint density at radius 2 is 1.95 bits per heavy atom. The molecule has 1 atom stereocenters. The van der Waals surface area contributed by atoms with E-state index in [9.17, 15) is 9.59 Å². The molecule has 0 spiro atoms. The predicted molar refractivity (Wildman–Crippen MR) is 85.0 cm³/mol. The predicted octanol–water partition coefficient (Wildman–Crippen LogP) is 2.78. The molecule has 5 heteroatoms. The summed E-state index contributed by atoms with van der Waals surface area (Å²) < 4.78 is 5.67. The number of nitrogens with one attached hydrogen (secondary N) is 1. The quantitative estimate of drug-likeness (QED) is 0.735. The lowest BCUT2D eigenvalue weighted by atomic mass is 10.1. The highest BCUT2D eigenvalue weighted by molar-refractivity contribution is 5.85. The number of benzene rings is 1. The monoisotopic (exact) mass is 307 g/mol. The van der Waals surface area contributed by atoms with Gasteiger partial charge in [-0.15, -0.1) is 0 Å². The summed E-state index contributed by atoms with van der Waals surface area (Å²) in [7, 11) is 0. The first-order valence-electron chi connectivity index (χ1n) is 7.70. The second-order valence-corrected chi connectivity index (χ2v) is 5.55. The third kappa shape index (κ3) is 6.16. The fourth-order valence-electron chi connectivity index (χ4n) is 2.10. The smallest absolute Gasteiger partial charge is 0.326 e. The zero-order chi connectivity index (χ0) is 16.5. The SMILES string of the molecule is CCCCC(NC(=O)Cc1ccccc1OC(C)C)C(=O)O. The Balaban J connectivity index is 2.69. The molecule has 0 heterocycles. The lowest BCUT2D eigenvalue weighted by Gasteiger charge is -2.16. The van der Waals surface area contributed by atoms with Crippen molar-refractivity contribution in [1.82, 2.24) is 5.32 Å². The normalized spacial score (nSPS) is 12.0. The highest BCUT2D eigenvalue weighted by Gasteiger charge is 2.20. The summed E-state index contributed by atoms with van der Waals surface area (Å²) in [5.41, 5.74) is 0.758. The fourth-order valence-corrected chi connectivity index (χ4v) is 2.10. The van der Waals surface area contributed by atoms with Gasteiger partial charge in [0.25, 0.3) is 0 Å². The summed E-state index contributed by atoms with van der Waals surface area (Å²) in [5.74, 6) is -0.634. The Labute approximate surface area is 131 Å². The van der Waals surface area contributed by atoms with E-state index in [0.717, 1.165) is 18.4 Å². The molecule has 0 saturated carbocycles. The van der Waals surface area contributed by atoms with Gasteiger partial charge in [-0.25, -0.2) is 4.79 Å². The Morgan fingerprint density at radius 3 is 2.55 bits per heavy atom. The molecule has 0 fully saturated rings. The maximum Gasteiger partial charge on any atom is 0.326 e. The second kappa shape index (κ2) is 9.07. The van der Waals surface area contributed by atoms with Gasteiger partial charge in [-0.05, 0) is 26.3 Å². The Morgan fingerprint density at radius 1 is 1.27 bits per heavy atom. The molecule has 0 bridgehead atoms. The number of carbonyl (C=O) groups excluding carboxylic acids is 1. The number of unbranched alkanes of at least 4 members (excludes halogenated alkanes) is 1. The van der Waals surface area contributed by atoms with Crippen LogP contribution in [0.25, 0.3) is 0 Å². The third-order valence-electron chi connectivity index (χ3n) is 3.17. The highest BCUT2D eigenvalue weighted by Crippen LogP contribution is 2.20. The zero-order valence-corrected chi connectivity index (χ0v) is 13.5. The van der Waals surface area contributed by atoms with E-state index in [4.69, 9.17) is 9.84 Å². The Hall–Kier alpha value is -2.04. The van der Waals surface area contributed by atoms with E-state index in [-0.39, 0.29) is 18.4 Å². The number of carbonyl (C=O) groups is 2. The molecule has 0 aliphatic rings. The van der Waals surface area contributed by atoms with Crippen molar-refractivity contribution in [2.75, 3.05) is 0 Å². The first kappa shape index (κ1) is 18.0. The van der Waals surface area contributed by atoms with Crippen LogP contribution in [-0.4, -0.2) is 29.1 Å². The average Bonchev–Trinajstić information content (AvgIpc) is 2.44. The van der Waals surface area contributed by atoms with Gasteiger partial charge in [0.2, 0.25) is 5.91 Å². The van der Waals surface area contributed by atoms with E-state index in [2.05, 4.69) is 5.32 Å². The first-order chi connectivity index (χ1) is 10.4. The van der Waals surface area contributed by atoms with Gasteiger partial charge in [0, 0.05) is 5.56 Å². The number of rotatable bonds is 9. The lowest BCUT2D eigenvalue weighted by Crippen LogP contribution is -2.41. The third-order valence-corrected chi connectivity index (χ3v) is 3.17. The maximum absolute atomic E-state index is 12.1. The molecule has 0 aromatic heterocycles. The average molecular weight is 307 g/mol. The van der Waals surface area contributed by atoms with Crippen molar-refractivity contribution in [3.8, 4) is 5.75 Å². The van der Waals surface area contributed by atoms with Crippen LogP contribution in [0, 0.1) is 0 Å². The summed E-state index contributed by atoms with van der Waals surface area (Å²) in [6, 6.07) is 6.49. The van der Waals surface area contributed by atoms with Crippen molar-refractivity contribution in [1.29, 1.82) is 0 Å². The van der Waals surface area contributed by atoms with Gasteiger partial charge < -0.3 is 15.2 Å². The standard InChI is InChI=1S/C17H25NO4/c1-4-5-9-14(17(20)21)18-16(19)11-13-8-6-7-10-15(13)22-12(2)3/h6-8,10,12,14H,4-5,9,11H2,1-3H3,(H,18,19)(H,20,21). The molecule has 0 saturated heterocycles. The molecular weight excluding hydrogens is 282 g/mol. The van der Waals surface area contributed by atoms with Crippen LogP contribution in [0.4, 0.5) is 0 Å². The molecule has 22 heavy (non-hydrogen) atoms. The number of carboxylic acid groups (broad SMARTS) is 1. The van der Waals surface area contributed by atoms with Crippen LogP contribution in [0.5, 0.6) is 5.75 Å². The first-order valence-corrected chi connectivity index (χ1v) is 7.70. The maximum atomic E-state index is 12.1. The summed E-state index contributed by atoms with van der Waals surface area (Å²) in [4.78, 5) is 23.3. The van der Waals surface area contributed by atoms with Crippen LogP contribution in [-0.2, 0) is 16.0 Å². The van der Waals surface area contributed by atoms with Gasteiger partial charge >= 0.3 is 5.97 Å². The van der Waals surface area contributed by atoms with Crippen LogP contribution in [0.2, 0.25) is 0 Å². The van der Waals surface area contributed by atoms with Crippen molar-refractivity contribution in [3.05, 3.63) is 29.8 Å². The molecule has 0 aliphatic carbocycles. The van der Waals surface area contributed by atoms with Gasteiger partial charge in [0.15, 0.2) is 0 Å². The van der Waals surface area contributed by atoms with Crippen molar-refractivity contribution in [2.45, 2.75) is 58.6 Å². The largest absolute Gasteiger partial charge is 0.491 e. The fraction of sp³-hybridized carbons (Fsp3) is 0.529.